The van der Waals surface area contributed by atoms with Crippen LogP contribution in [0.1, 0.15) is 79.4 Å². The maximum Gasteiger partial charge on any atom is 0.495 e. The Hall–Kier alpha value is -2.56. The molecule has 1 aliphatic heterocycles. The highest BCUT2D eigenvalue weighted by molar-refractivity contribution is 6.66. The molecular weight excluding hydrogens is 443 g/mol. The first-order chi connectivity index (χ1) is 16.8. The molecule has 4 heteroatoms. The SMILES string of the molecule is CC1(C)CCC(C)(C)c2cc(-c3ccc4c(c3)oc3cccc(B5OC(C)(C)C(C)(C)O5)c34)ccc21. The van der Waals surface area contributed by atoms with Gasteiger partial charge < -0.3 is 13.7 Å². The molecule has 1 aliphatic carbocycles. The predicted octanol–water partition coefficient (Wildman–Crippen LogP) is 7.90. The Kier molecular flexibility index (Phi) is 4.96. The van der Waals surface area contributed by atoms with Crippen LogP contribution in [0, 0.1) is 0 Å². The maximum absolute atomic E-state index is 6.39. The zero-order chi connectivity index (χ0) is 25.7. The van der Waals surface area contributed by atoms with Crippen LogP contribution in [0.15, 0.2) is 59.0 Å². The third-order valence-electron chi connectivity index (χ3n) is 9.22. The minimum absolute atomic E-state index is 0.183. The summed E-state index contributed by atoms with van der Waals surface area (Å²) in [6.45, 7) is 17.9. The molecule has 0 amide bonds. The van der Waals surface area contributed by atoms with Gasteiger partial charge in [0.1, 0.15) is 11.2 Å². The predicted molar refractivity (Wildman–Crippen MR) is 150 cm³/mol. The second-order valence-corrected chi connectivity index (χ2v) is 13.1. The van der Waals surface area contributed by atoms with Crippen LogP contribution in [-0.4, -0.2) is 18.3 Å². The number of hydrogen-bond donors (Lipinski definition) is 0. The van der Waals surface area contributed by atoms with Crippen LogP contribution in [0.2, 0.25) is 0 Å². The fraction of sp³-hybridized carbons (Fsp3) is 0.438. The van der Waals surface area contributed by atoms with E-state index in [1.807, 2.05) is 12.1 Å². The Morgan fingerprint density at radius 1 is 0.639 bits per heavy atom. The van der Waals surface area contributed by atoms with E-state index in [4.69, 9.17) is 13.7 Å². The molecule has 186 valence electrons. The summed E-state index contributed by atoms with van der Waals surface area (Å²) in [5.74, 6) is 0. The molecular formula is C32H37BO3. The molecule has 3 nitrogen and oxygen atoms in total. The Balaban J connectivity index is 1.45. The molecule has 1 saturated heterocycles. The molecule has 2 heterocycles. The molecule has 0 bridgehead atoms. The Bertz CT molecular complexity index is 1490. The monoisotopic (exact) mass is 480 g/mol. The van der Waals surface area contributed by atoms with Crippen LogP contribution in [0.5, 0.6) is 0 Å². The van der Waals surface area contributed by atoms with Crippen LogP contribution in [0.3, 0.4) is 0 Å². The third-order valence-corrected chi connectivity index (χ3v) is 9.22. The van der Waals surface area contributed by atoms with Gasteiger partial charge in [-0.1, -0.05) is 64.1 Å². The lowest BCUT2D eigenvalue weighted by atomic mass is 9.63. The van der Waals surface area contributed by atoms with Crippen molar-refractivity contribution >= 4 is 34.5 Å². The summed E-state index contributed by atoms with van der Waals surface area (Å²) in [4.78, 5) is 0. The fourth-order valence-electron chi connectivity index (χ4n) is 5.97. The van der Waals surface area contributed by atoms with Gasteiger partial charge in [0.2, 0.25) is 0 Å². The summed E-state index contributed by atoms with van der Waals surface area (Å²) in [6, 6.07) is 19.8. The highest BCUT2D eigenvalue weighted by Gasteiger charge is 2.52. The fourth-order valence-corrected chi connectivity index (χ4v) is 5.97. The van der Waals surface area contributed by atoms with Crippen molar-refractivity contribution < 1.29 is 13.7 Å². The highest BCUT2D eigenvalue weighted by atomic mass is 16.7. The van der Waals surface area contributed by atoms with Crippen LogP contribution in [-0.2, 0) is 20.1 Å². The lowest BCUT2D eigenvalue weighted by Crippen LogP contribution is -2.41. The molecule has 2 aliphatic rings. The van der Waals surface area contributed by atoms with Crippen molar-refractivity contribution in [3.05, 3.63) is 65.7 Å². The molecule has 0 spiro atoms. The molecule has 0 saturated carbocycles. The van der Waals surface area contributed by atoms with Gasteiger partial charge in [0.05, 0.1) is 11.2 Å². The van der Waals surface area contributed by atoms with E-state index in [1.54, 1.807) is 0 Å². The van der Waals surface area contributed by atoms with Crippen LogP contribution in [0.4, 0.5) is 0 Å². The van der Waals surface area contributed by atoms with Crippen molar-refractivity contribution in [3.63, 3.8) is 0 Å². The van der Waals surface area contributed by atoms with E-state index in [0.29, 0.717) is 0 Å². The van der Waals surface area contributed by atoms with Crippen LogP contribution in [0.25, 0.3) is 33.1 Å². The van der Waals surface area contributed by atoms with Gasteiger partial charge in [-0.15, -0.1) is 0 Å². The number of benzene rings is 3. The summed E-state index contributed by atoms with van der Waals surface area (Å²) in [6.07, 6.45) is 2.43. The molecule has 6 rings (SSSR count). The van der Waals surface area contributed by atoms with Crippen molar-refractivity contribution in [2.45, 2.75) is 90.3 Å². The van der Waals surface area contributed by atoms with E-state index in [9.17, 15) is 0 Å². The normalized spacial score (nSPS) is 21.7. The average Bonchev–Trinajstić information content (AvgIpc) is 3.29. The molecule has 0 N–H and O–H groups in total. The van der Waals surface area contributed by atoms with Gasteiger partial charge in [-0.2, -0.15) is 0 Å². The first-order valence-corrected chi connectivity index (χ1v) is 13.3. The van der Waals surface area contributed by atoms with E-state index < -0.39 is 7.12 Å². The topological polar surface area (TPSA) is 31.6 Å². The molecule has 1 aromatic heterocycles. The highest BCUT2D eigenvalue weighted by Crippen LogP contribution is 2.47. The summed E-state index contributed by atoms with van der Waals surface area (Å²) in [5.41, 5.74) is 7.79. The summed E-state index contributed by atoms with van der Waals surface area (Å²) < 4.78 is 19.2. The van der Waals surface area contributed by atoms with Gasteiger partial charge in [-0.25, -0.2) is 0 Å². The van der Waals surface area contributed by atoms with Crippen molar-refractivity contribution in [1.82, 2.24) is 0 Å². The van der Waals surface area contributed by atoms with Crippen molar-refractivity contribution in [2.24, 2.45) is 0 Å². The number of hydrogen-bond acceptors (Lipinski definition) is 3. The van der Waals surface area contributed by atoms with E-state index in [0.717, 1.165) is 27.4 Å². The molecule has 4 aromatic rings. The number of fused-ring (bicyclic) bond motifs is 4. The van der Waals surface area contributed by atoms with E-state index in [1.165, 1.54) is 35.1 Å². The van der Waals surface area contributed by atoms with Gasteiger partial charge in [0, 0.05) is 10.8 Å². The van der Waals surface area contributed by atoms with Crippen molar-refractivity contribution in [2.75, 3.05) is 0 Å². The lowest BCUT2D eigenvalue weighted by molar-refractivity contribution is 0.00578. The van der Waals surface area contributed by atoms with Crippen LogP contribution >= 0.6 is 0 Å². The zero-order valence-corrected chi connectivity index (χ0v) is 22.9. The second kappa shape index (κ2) is 7.49. The average molecular weight is 480 g/mol. The zero-order valence-electron chi connectivity index (χ0n) is 22.9. The maximum atomic E-state index is 6.39. The first kappa shape index (κ1) is 23.8. The Morgan fingerprint density at radius 2 is 1.25 bits per heavy atom. The molecule has 36 heavy (non-hydrogen) atoms. The van der Waals surface area contributed by atoms with Crippen molar-refractivity contribution in [3.8, 4) is 11.1 Å². The number of rotatable bonds is 2. The molecule has 0 unspecified atom stereocenters. The van der Waals surface area contributed by atoms with Gasteiger partial charge in [0.25, 0.3) is 0 Å². The number of furan rings is 1. The standard InChI is InChI=1S/C32H37BO3/c1-29(2)16-17-30(3,4)24-18-20(13-15-23(24)29)21-12-14-22-27(19-21)34-26-11-9-10-25(28(22)26)33-35-31(5,6)32(7,8)36-33/h9-15,18-19H,16-17H2,1-8H3. The summed E-state index contributed by atoms with van der Waals surface area (Å²) in [5, 5.41) is 2.17. The first-order valence-electron chi connectivity index (χ1n) is 13.3. The van der Waals surface area contributed by atoms with E-state index in [2.05, 4.69) is 97.9 Å². The van der Waals surface area contributed by atoms with E-state index >= 15 is 0 Å². The van der Waals surface area contributed by atoms with Gasteiger partial charge in [0.15, 0.2) is 0 Å². The quantitative estimate of drug-likeness (QED) is 0.273. The second-order valence-electron chi connectivity index (χ2n) is 13.1. The van der Waals surface area contributed by atoms with Gasteiger partial charge >= 0.3 is 7.12 Å². The Morgan fingerprint density at radius 3 is 1.94 bits per heavy atom. The van der Waals surface area contributed by atoms with Crippen LogP contribution < -0.4 is 5.46 Å². The Labute approximate surface area is 215 Å². The van der Waals surface area contributed by atoms with E-state index in [-0.39, 0.29) is 22.0 Å². The third kappa shape index (κ3) is 3.49. The molecule has 1 fully saturated rings. The molecule has 3 aromatic carbocycles. The summed E-state index contributed by atoms with van der Waals surface area (Å²) >= 11 is 0. The van der Waals surface area contributed by atoms with Gasteiger partial charge in [-0.3, -0.25) is 0 Å². The summed E-state index contributed by atoms with van der Waals surface area (Å²) in [7, 11) is -0.426. The minimum atomic E-state index is -0.426. The molecule has 0 radical (unpaired) electrons. The van der Waals surface area contributed by atoms with Crippen molar-refractivity contribution in [1.29, 1.82) is 0 Å². The smallest absolute Gasteiger partial charge is 0.456 e. The molecule has 0 atom stereocenters. The minimum Gasteiger partial charge on any atom is -0.456 e. The lowest BCUT2D eigenvalue weighted by Gasteiger charge is -2.42. The van der Waals surface area contributed by atoms with Gasteiger partial charge in [-0.05, 0) is 97.3 Å². The largest absolute Gasteiger partial charge is 0.495 e.